The lowest BCUT2D eigenvalue weighted by atomic mass is 9.97. The van der Waals surface area contributed by atoms with Crippen molar-refractivity contribution >= 4 is 41.5 Å². The second-order valence-corrected chi connectivity index (χ2v) is 15.1. The van der Waals surface area contributed by atoms with E-state index < -0.39 is 52.6 Å². The molecule has 254 valence electrons. The molecule has 1 heterocycles. The lowest BCUT2D eigenvalue weighted by Crippen LogP contribution is -2.45. The third kappa shape index (κ3) is 12.6. The van der Waals surface area contributed by atoms with Crippen molar-refractivity contribution in [2.45, 2.75) is 110 Å². The number of carbonyl (C=O) groups is 4. The number of hydrogen-bond donors (Lipinski definition) is 3. The number of nitrogens with one attached hydrogen (secondary N) is 1. The number of hydrogen-bond acceptors (Lipinski definition) is 12. The number of nitrogens with zero attached hydrogens (tertiary/aromatic N) is 2. The molecule has 13 heteroatoms. The zero-order valence-electron chi connectivity index (χ0n) is 28.8. The summed E-state index contributed by atoms with van der Waals surface area (Å²) in [5.41, 5.74) is 13.1. The van der Waals surface area contributed by atoms with Crippen molar-refractivity contribution in [3.05, 3.63) is 34.9 Å². The number of carbonyl (C=O) groups excluding carboxylic acids is 4. The van der Waals surface area contributed by atoms with E-state index in [4.69, 9.17) is 25.7 Å². The molecule has 46 heavy (non-hydrogen) atoms. The van der Waals surface area contributed by atoms with Crippen molar-refractivity contribution in [2.75, 3.05) is 18.0 Å². The van der Waals surface area contributed by atoms with E-state index in [1.165, 1.54) is 11.8 Å². The van der Waals surface area contributed by atoms with Gasteiger partial charge in [-0.25, -0.2) is 14.8 Å². The summed E-state index contributed by atoms with van der Waals surface area (Å²) in [4.78, 5) is 60.1. The van der Waals surface area contributed by atoms with Crippen LogP contribution in [0.5, 0.6) is 0 Å². The van der Waals surface area contributed by atoms with Crippen molar-refractivity contribution in [1.29, 1.82) is 0 Å². The number of anilines is 1. The number of nitrogens with two attached hydrogens (primary N) is 2. The number of aromatic nitrogens is 2. The highest BCUT2D eigenvalue weighted by molar-refractivity contribution is 7.99. The van der Waals surface area contributed by atoms with Gasteiger partial charge in [0.05, 0.1) is 11.3 Å². The Morgan fingerprint density at radius 1 is 0.826 bits per heavy atom. The van der Waals surface area contributed by atoms with Crippen molar-refractivity contribution < 1.29 is 33.4 Å². The number of amides is 1. The molecular formula is C33H49N5O7S. The van der Waals surface area contributed by atoms with Gasteiger partial charge in [0.2, 0.25) is 11.9 Å². The Kier molecular flexibility index (Phi) is 12.8. The van der Waals surface area contributed by atoms with Crippen LogP contribution in [-0.2, 0) is 28.6 Å². The van der Waals surface area contributed by atoms with Gasteiger partial charge in [0.15, 0.2) is 0 Å². The third-order valence-corrected chi connectivity index (χ3v) is 6.96. The van der Waals surface area contributed by atoms with Crippen molar-refractivity contribution in [3.63, 3.8) is 0 Å². The van der Waals surface area contributed by atoms with E-state index in [0.29, 0.717) is 27.6 Å². The summed E-state index contributed by atoms with van der Waals surface area (Å²) in [6, 6.07) is 4.18. The number of esters is 3. The molecule has 5 N–H and O–H groups in total. The monoisotopic (exact) mass is 659 g/mol. The van der Waals surface area contributed by atoms with E-state index in [1.54, 1.807) is 53.7 Å². The predicted octanol–water partition coefficient (Wildman–Crippen LogP) is 4.52. The Labute approximate surface area is 276 Å². The fraction of sp³-hybridized carbons (Fsp3) is 0.576. The molecule has 0 saturated heterocycles. The Bertz CT molecular complexity index is 1440. The summed E-state index contributed by atoms with van der Waals surface area (Å²) < 4.78 is 16.3. The quantitative estimate of drug-likeness (QED) is 0.0766. The van der Waals surface area contributed by atoms with Gasteiger partial charge in [-0.15, -0.1) is 11.8 Å². The van der Waals surface area contributed by atoms with Gasteiger partial charge in [-0.05, 0) is 106 Å². The van der Waals surface area contributed by atoms with Gasteiger partial charge in [-0.3, -0.25) is 14.4 Å². The van der Waals surface area contributed by atoms with Crippen molar-refractivity contribution in [3.8, 4) is 11.3 Å². The molecule has 0 spiro atoms. The van der Waals surface area contributed by atoms with Crippen LogP contribution in [0.15, 0.2) is 23.2 Å². The highest BCUT2D eigenvalue weighted by atomic mass is 32.2. The summed E-state index contributed by atoms with van der Waals surface area (Å²) in [6.07, 6.45) is -0.282. The first-order valence-corrected chi connectivity index (χ1v) is 16.1. The van der Waals surface area contributed by atoms with Gasteiger partial charge in [-0.2, -0.15) is 0 Å². The zero-order chi connectivity index (χ0) is 35.2. The molecule has 0 radical (unpaired) electrons. The smallest absolute Gasteiger partial charge is 0.338 e. The molecule has 0 fully saturated rings. The maximum Gasteiger partial charge on any atom is 0.338 e. The SMILES string of the molecule is Cc1cc(C)c(-c2cc(SCCNC(=O)C(CC(N)C(=O)OC(C)(C)C)C(=O)OC(C)(C)C)nc(N)n2)cc1C(=O)OC(C)(C)C. The minimum absolute atomic E-state index is 0.0453. The molecule has 0 aliphatic rings. The van der Waals surface area contributed by atoms with E-state index in [0.717, 1.165) is 11.1 Å². The summed E-state index contributed by atoms with van der Waals surface area (Å²) in [5.74, 6) is -3.47. The van der Waals surface area contributed by atoms with E-state index in [9.17, 15) is 19.2 Å². The Morgan fingerprint density at radius 2 is 1.39 bits per heavy atom. The van der Waals surface area contributed by atoms with Gasteiger partial charge in [0.25, 0.3) is 0 Å². The standard InChI is InChI=1S/C33H49N5O7S/c1-18-14-19(2)21(27(40)43-31(3,4)5)15-20(18)24-17-25(38-30(35)37-24)46-13-12-36-26(39)22(28(41)44-32(6,7)8)16-23(34)29(42)45-33(9,10)11/h14-15,17,22-23H,12-13,16,34H2,1-11H3,(H,36,39)(H2,35,37,38). The average Bonchev–Trinajstić information content (AvgIpc) is 2.86. The van der Waals surface area contributed by atoms with Crippen LogP contribution in [0.25, 0.3) is 11.3 Å². The van der Waals surface area contributed by atoms with Crippen molar-refractivity contribution in [2.24, 2.45) is 11.7 Å². The summed E-state index contributed by atoms with van der Waals surface area (Å²) in [7, 11) is 0. The Morgan fingerprint density at radius 3 is 1.96 bits per heavy atom. The molecule has 0 aliphatic heterocycles. The summed E-state index contributed by atoms with van der Waals surface area (Å²) in [5, 5.41) is 3.28. The number of benzene rings is 1. The first-order valence-electron chi connectivity index (χ1n) is 15.1. The van der Waals surface area contributed by atoms with Crippen LogP contribution in [0.4, 0.5) is 5.95 Å². The minimum Gasteiger partial charge on any atom is -0.459 e. The molecule has 0 bridgehead atoms. The number of thioether (sulfide) groups is 1. The molecule has 1 amide bonds. The number of ether oxygens (including phenoxy) is 3. The minimum atomic E-state index is -1.32. The van der Waals surface area contributed by atoms with Gasteiger partial charge in [-0.1, -0.05) is 6.07 Å². The largest absolute Gasteiger partial charge is 0.459 e. The molecule has 0 aliphatic carbocycles. The second kappa shape index (κ2) is 15.3. The van der Waals surface area contributed by atoms with E-state index in [1.807, 2.05) is 40.7 Å². The molecule has 2 unspecified atom stereocenters. The van der Waals surface area contributed by atoms with Gasteiger partial charge in [0, 0.05) is 17.9 Å². The molecule has 0 saturated carbocycles. The molecule has 1 aromatic carbocycles. The van der Waals surface area contributed by atoms with Gasteiger partial charge in [0.1, 0.15) is 33.8 Å². The van der Waals surface area contributed by atoms with Crippen LogP contribution in [0.2, 0.25) is 0 Å². The molecule has 2 rings (SSSR count). The molecule has 1 aromatic heterocycles. The van der Waals surface area contributed by atoms with Crippen molar-refractivity contribution in [1.82, 2.24) is 15.3 Å². The number of rotatable bonds is 11. The van der Waals surface area contributed by atoms with Gasteiger partial charge >= 0.3 is 17.9 Å². The van der Waals surface area contributed by atoms with Crippen LogP contribution < -0.4 is 16.8 Å². The topological polar surface area (TPSA) is 186 Å². The maximum atomic E-state index is 13.1. The van der Waals surface area contributed by atoms with Crippen LogP contribution >= 0.6 is 11.8 Å². The van der Waals surface area contributed by atoms with Crippen LogP contribution in [0, 0.1) is 19.8 Å². The van der Waals surface area contributed by atoms with E-state index in [-0.39, 0.29) is 18.9 Å². The maximum absolute atomic E-state index is 13.1. The molecular weight excluding hydrogens is 610 g/mol. The molecule has 2 aromatic rings. The predicted molar refractivity (Wildman–Crippen MR) is 178 cm³/mol. The molecule has 2 atom stereocenters. The number of aryl methyl sites for hydroxylation is 2. The van der Waals surface area contributed by atoms with Crippen LogP contribution in [-0.4, -0.2) is 68.9 Å². The summed E-state index contributed by atoms with van der Waals surface area (Å²) in [6.45, 7) is 19.5. The number of nitrogen functional groups attached to an aromatic ring is 1. The zero-order valence-corrected chi connectivity index (χ0v) is 29.6. The van der Waals surface area contributed by atoms with E-state index >= 15 is 0 Å². The summed E-state index contributed by atoms with van der Waals surface area (Å²) >= 11 is 1.32. The highest BCUT2D eigenvalue weighted by Gasteiger charge is 2.35. The first-order chi connectivity index (χ1) is 21.0. The van der Waals surface area contributed by atoms with Crippen LogP contribution in [0.1, 0.15) is 90.2 Å². The Hall–Kier alpha value is -3.71. The second-order valence-electron chi connectivity index (χ2n) is 14.0. The fourth-order valence-electron chi connectivity index (χ4n) is 4.20. The highest BCUT2D eigenvalue weighted by Crippen LogP contribution is 2.29. The Balaban J connectivity index is 2.17. The van der Waals surface area contributed by atoms with Gasteiger partial charge < -0.3 is 31.0 Å². The lowest BCUT2D eigenvalue weighted by molar-refractivity contribution is -0.164. The van der Waals surface area contributed by atoms with Crippen LogP contribution in [0.3, 0.4) is 0 Å². The fourth-order valence-corrected chi connectivity index (χ4v) is 4.97. The molecule has 12 nitrogen and oxygen atoms in total. The average molecular weight is 660 g/mol. The first kappa shape index (κ1) is 38.5. The lowest BCUT2D eigenvalue weighted by Gasteiger charge is -2.26. The normalized spacial score (nSPS) is 13.4. The van der Waals surface area contributed by atoms with E-state index in [2.05, 4.69) is 15.3 Å². The third-order valence-electron chi connectivity index (χ3n) is 6.04.